The fourth-order valence-corrected chi connectivity index (χ4v) is 4.18. The minimum atomic E-state index is -0.237. The van der Waals surface area contributed by atoms with Gasteiger partial charge in [0.15, 0.2) is 0 Å². The maximum atomic E-state index is 13.1. The summed E-state index contributed by atoms with van der Waals surface area (Å²) in [5.74, 6) is 0.242. The zero-order valence-corrected chi connectivity index (χ0v) is 17.3. The molecule has 29 heavy (non-hydrogen) atoms. The Kier molecular flexibility index (Phi) is 5.46. The minimum absolute atomic E-state index is 0.215. The zero-order chi connectivity index (χ0) is 20.4. The fraction of sp³-hybridized carbons (Fsp3) is 0.143. The van der Waals surface area contributed by atoms with Gasteiger partial charge in [0.25, 0.3) is 11.5 Å². The van der Waals surface area contributed by atoms with Gasteiger partial charge in [0, 0.05) is 19.8 Å². The number of carbonyl (C=O) groups is 1. The van der Waals surface area contributed by atoms with Gasteiger partial charge >= 0.3 is 0 Å². The first kappa shape index (κ1) is 19.4. The Balaban J connectivity index is 1.72. The highest BCUT2D eigenvalue weighted by Crippen LogP contribution is 2.31. The van der Waals surface area contributed by atoms with Crippen molar-refractivity contribution in [2.45, 2.75) is 6.42 Å². The monoisotopic (exact) mass is 422 g/mol. The number of fused-ring (bicyclic) bond motifs is 1. The quantitative estimate of drug-likeness (QED) is 0.503. The molecular weight excluding hydrogens is 404 g/mol. The fourth-order valence-electron chi connectivity index (χ4n) is 3.01. The molecule has 0 aliphatic carbocycles. The van der Waals surface area contributed by atoms with Gasteiger partial charge in [-0.25, -0.2) is 4.98 Å². The topological polar surface area (TPSA) is 66.7 Å². The molecule has 0 unspecified atom stereocenters. The summed E-state index contributed by atoms with van der Waals surface area (Å²) in [6.45, 7) is 0.606. The van der Waals surface area contributed by atoms with E-state index in [1.807, 2.05) is 24.3 Å². The number of anilines is 1. The van der Waals surface area contributed by atoms with Crippen LogP contribution in [-0.2, 0) is 11.2 Å². The van der Waals surface area contributed by atoms with Crippen molar-refractivity contribution >= 4 is 51.7 Å². The lowest BCUT2D eigenvalue weighted by Gasteiger charge is -2.11. The Morgan fingerprint density at radius 2 is 1.90 bits per heavy atom. The maximum absolute atomic E-state index is 13.1. The largest absolute Gasteiger partial charge is 0.369 e. The van der Waals surface area contributed by atoms with Crippen LogP contribution in [-0.4, -0.2) is 38.1 Å². The number of hydrogen-bond donors (Lipinski definition) is 1. The molecule has 146 valence electrons. The van der Waals surface area contributed by atoms with E-state index in [-0.39, 0.29) is 11.5 Å². The highest BCUT2D eigenvalue weighted by molar-refractivity contribution is 8.26. The Bertz CT molecular complexity index is 1190. The molecule has 0 radical (unpaired) electrons. The first-order valence-electron chi connectivity index (χ1n) is 9.05. The maximum Gasteiger partial charge on any atom is 0.267 e. The number of thiocarbonyl (C=S) groups is 1. The lowest BCUT2D eigenvalue weighted by molar-refractivity contribution is -0.121. The predicted molar refractivity (Wildman–Crippen MR) is 121 cm³/mol. The van der Waals surface area contributed by atoms with Crippen LogP contribution in [0.3, 0.4) is 0 Å². The molecule has 6 nitrogen and oxygen atoms in total. The van der Waals surface area contributed by atoms with Crippen molar-refractivity contribution in [2.24, 2.45) is 0 Å². The van der Waals surface area contributed by atoms with Crippen molar-refractivity contribution in [2.75, 3.05) is 18.9 Å². The number of amides is 1. The van der Waals surface area contributed by atoms with Gasteiger partial charge in [0.2, 0.25) is 0 Å². The van der Waals surface area contributed by atoms with Gasteiger partial charge in [-0.2, -0.15) is 0 Å². The second-order valence-corrected chi connectivity index (χ2v) is 8.19. The van der Waals surface area contributed by atoms with Crippen molar-refractivity contribution in [3.63, 3.8) is 0 Å². The highest BCUT2D eigenvalue weighted by Gasteiger charge is 2.29. The van der Waals surface area contributed by atoms with Crippen LogP contribution in [0.5, 0.6) is 0 Å². The average molecular weight is 423 g/mol. The first-order chi connectivity index (χ1) is 14.0. The van der Waals surface area contributed by atoms with Crippen LogP contribution < -0.4 is 10.9 Å². The predicted octanol–water partition coefficient (Wildman–Crippen LogP) is 3.18. The van der Waals surface area contributed by atoms with Gasteiger partial charge in [-0.1, -0.05) is 60.4 Å². The van der Waals surface area contributed by atoms with Gasteiger partial charge < -0.3 is 5.32 Å². The third-order valence-corrected chi connectivity index (χ3v) is 6.06. The molecule has 0 spiro atoms. The summed E-state index contributed by atoms with van der Waals surface area (Å²) in [4.78, 5) is 31.9. The number of pyridine rings is 1. The standard InChI is InChI=1S/C21H18N4O2S2/c1-24-20(27)16(29-21(24)28)13-15-18(22-11-10-14-7-3-2-4-8-14)23-17-9-5-6-12-25(17)19(15)26/h2-9,12-13,22H,10-11H2,1H3/b16-13-. The van der Waals surface area contributed by atoms with Crippen LogP contribution in [0.2, 0.25) is 0 Å². The Labute approximate surface area is 177 Å². The molecular formula is C21H18N4O2S2. The van der Waals surface area contributed by atoms with Gasteiger partial charge in [-0.05, 0) is 30.2 Å². The minimum Gasteiger partial charge on any atom is -0.369 e. The molecule has 0 bridgehead atoms. The van der Waals surface area contributed by atoms with Crippen LogP contribution in [0.4, 0.5) is 5.82 Å². The lowest BCUT2D eigenvalue weighted by atomic mass is 10.1. The SMILES string of the molecule is CN1C(=O)/C(=C/c2c(NCCc3ccccc3)nc3ccccn3c2=O)SC1=S. The number of benzene rings is 1. The Hall–Kier alpha value is -2.97. The number of likely N-dealkylation sites (N-methyl/N-ethyl adjacent to an activating group) is 1. The number of thioether (sulfide) groups is 1. The van der Waals surface area contributed by atoms with Crippen LogP contribution in [0, 0.1) is 0 Å². The van der Waals surface area contributed by atoms with Gasteiger partial charge in [-0.15, -0.1) is 0 Å². The summed E-state index contributed by atoms with van der Waals surface area (Å²) in [6, 6.07) is 15.5. The Morgan fingerprint density at radius 1 is 1.14 bits per heavy atom. The molecule has 1 aromatic carbocycles. The summed E-state index contributed by atoms with van der Waals surface area (Å²) in [5, 5.41) is 3.27. The molecule has 8 heteroatoms. The van der Waals surface area contributed by atoms with Crippen molar-refractivity contribution < 1.29 is 4.79 Å². The summed E-state index contributed by atoms with van der Waals surface area (Å²) in [5.41, 5.74) is 1.83. The molecule has 0 saturated carbocycles. The van der Waals surface area contributed by atoms with Crippen molar-refractivity contribution in [3.8, 4) is 0 Å². The summed E-state index contributed by atoms with van der Waals surface area (Å²) in [7, 11) is 1.63. The average Bonchev–Trinajstić information content (AvgIpc) is 2.98. The van der Waals surface area contributed by atoms with Crippen LogP contribution in [0.25, 0.3) is 11.7 Å². The van der Waals surface area contributed by atoms with Crippen molar-refractivity contribution in [3.05, 3.63) is 81.1 Å². The first-order valence-corrected chi connectivity index (χ1v) is 10.3. The van der Waals surface area contributed by atoms with E-state index in [0.29, 0.717) is 32.8 Å². The third-order valence-electron chi connectivity index (χ3n) is 4.58. The van der Waals surface area contributed by atoms with Crippen LogP contribution in [0.15, 0.2) is 64.4 Å². The van der Waals surface area contributed by atoms with Crippen LogP contribution >= 0.6 is 24.0 Å². The smallest absolute Gasteiger partial charge is 0.267 e. The van der Waals surface area contributed by atoms with E-state index < -0.39 is 0 Å². The number of hydrogen-bond acceptors (Lipinski definition) is 6. The van der Waals surface area contributed by atoms with Crippen LogP contribution in [0.1, 0.15) is 11.1 Å². The number of rotatable bonds is 5. The van der Waals surface area contributed by atoms with E-state index in [0.717, 1.165) is 6.42 Å². The molecule has 3 aromatic rings. The molecule has 2 aromatic heterocycles. The van der Waals surface area contributed by atoms with E-state index in [9.17, 15) is 9.59 Å². The van der Waals surface area contributed by atoms with Crippen molar-refractivity contribution in [1.82, 2.24) is 14.3 Å². The van der Waals surface area contributed by atoms with Gasteiger partial charge in [-0.3, -0.25) is 18.9 Å². The molecule has 1 aliphatic heterocycles. The van der Waals surface area contributed by atoms with Gasteiger partial charge in [0.05, 0.1) is 10.5 Å². The summed E-state index contributed by atoms with van der Waals surface area (Å²) in [6.07, 6.45) is 4.04. The van der Waals surface area contributed by atoms with Gasteiger partial charge in [0.1, 0.15) is 15.8 Å². The molecule has 3 heterocycles. The summed E-state index contributed by atoms with van der Waals surface area (Å²) < 4.78 is 1.94. The second kappa shape index (κ2) is 8.18. The summed E-state index contributed by atoms with van der Waals surface area (Å²) >= 11 is 6.38. The molecule has 0 atom stereocenters. The van der Waals surface area contributed by atoms with E-state index in [2.05, 4.69) is 22.4 Å². The molecule has 1 aliphatic rings. The van der Waals surface area contributed by atoms with E-state index in [1.165, 1.54) is 26.6 Å². The van der Waals surface area contributed by atoms with E-state index >= 15 is 0 Å². The second-order valence-electron chi connectivity index (χ2n) is 6.51. The lowest BCUT2D eigenvalue weighted by Crippen LogP contribution is -2.23. The Morgan fingerprint density at radius 3 is 2.62 bits per heavy atom. The highest BCUT2D eigenvalue weighted by atomic mass is 32.2. The normalized spacial score (nSPS) is 15.5. The zero-order valence-electron chi connectivity index (χ0n) is 15.7. The van der Waals surface area contributed by atoms with E-state index in [1.54, 1.807) is 31.5 Å². The molecule has 1 N–H and O–H groups in total. The molecule has 1 saturated heterocycles. The van der Waals surface area contributed by atoms with Crippen molar-refractivity contribution in [1.29, 1.82) is 0 Å². The molecule has 4 rings (SSSR count). The molecule has 1 amide bonds. The number of nitrogens with one attached hydrogen (secondary N) is 1. The third kappa shape index (κ3) is 3.94. The molecule has 1 fully saturated rings. The number of carbonyl (C=O) groups excluding carboxylic acids is 1. The van der Waals surface area contributed by atoms with E-state index in [4.69, 9.17) is 12.2 Å². The number of nitrogens with zero attached hydrogens (tertiary/aromatic N) is 3. The number of aromatic nitrogens is 2.